The summed E-state index contributed by atoms with van der Waals surface area (Å²) in [6.07, 6.45) is -1.32. The number of hydrogen-bond acceptors (Lipinski definition) is 4. The molecule has 0 bridgehead atoms. The highest BCUT2D eigenvalue weighted by Crippen LogP contribution is 2.26. The molecule has 0 aliphatic carbocycles. The first-order valence-corrected chi connectivity index (χ1v) is 8.50. The van der Waals surface area contributed by atoms with Crippen LogP contribution in [0.15, 0.2) is 42.5 Å². The van der Waals surface area contributed by atoms with Gasteiger partial charge in [0.2, 0.25) is 0 Å². The van der Waals surface area contributed by atoms with Crippen LogP contribution in [0.1, 0.15) is 12.5 Å². The Bertz CT molecular complexity index is 833. The highest BCUT2D eigenvalue weighted by atomic mass is 35.5. The molecule has 1 amide bonds. The van der Waals surface area contributed by atoms with Gasteiger partial charge in [-0.05, 0) is 36.8 Å². The second-order valence-corrected chi connectivity index (χ2v) is 6.25. The molecule has 2 aromatic carbocycles. The SMILES string of the molecule is CC(OC(=O)Cc1ccc(Cl)cc1Cl)C(=O)Nc1ccccc1OC(F)F. The zero-order valence-corrected chi connectivity index (χ0v) is 15.6. The van der Waals surface area contributed by atoms with Crippen LogP contribution in [0, 0.1) is 0 Å². The first kappa shape index (κ1) is 20.9. The fourth-order valence-corrected chi connectivity index (χ4v) is 2.59. The standard InChI is InChI=1S/C18H15Cl2F2NO4/c1-10(26-16(24)8-11-6-7-12(19)9-13(11)20)17(25)23-14-4-2-3-5-15(14)27-18(21)22/h2-7,9-10,18H,8H2,1H3,(H,23,25). The number of anilines is 1. The predicted octanol–water partition coefficient (Wildman–Crippen LogP) is 4.71. The summed E-state index contributed by atoms with van der Waals surface area (Å²) in [6, 6.07) is 10.3. The molecule has 1 N–H and O–H groups in total. The molecule has 1 unspecified atom stereocenters. The molecule has 0 fully saturated rings. The summed E-state index contributed by atoms with van der Waals surface area (Å²) in [5, 5.41) is 3.11. The molecule has 0 aromatic heterocycles. The number of halogens is 4. The number of ether oxygens (including phenoxy) is 2. The van der Waals surface area contributed by atoms with E-state index in [4.69, 9.17) is 27.9 Å². The number of esters is 1. The second-order valence-electron chi connectivity index (χ2n) is 5.41. The lowest BCUT2D eigenvalue weighted by Gasteiger charge is -2.16. The van der Waals surface area contributed by atoms with Gasteiger partial charge in [0.25, 0.3) is 5.91 Å². The normalized spacial score (nSPS) is 11.8. The van der Waals surface area contributed by atoms with Crippen molar-refractivity contribution in [1.29, 1.82) is 0 Å². The molecule has 2 aromatic rings. The number of carbonyl (C=O) groups excluding carboxylic acids is 2. The van der Waals surface area contributed by atoms with E-state index in [1.54, 1.807) is 12.1 Å². The van der Waals surface area contributed by atoms with E-state index < -0.39 is 24.6 Å². The van der Waals surface area contributed by atoms with Crippen LogP contribution in [0.5, 0.6) is 5.75 Å². The van der Waals surface area contributed by atoms with Gasteiger partial charge in [-0.15, -0.1) is 0 Å². The molecule has 0 aliphatic heterocycles. The average molecular weight is 418 g/mol. The van der Waals surface area contributed by atoms with Gasteiger partial charge in [0.05, 0.1) is 12.1 Å². The van der Waals surface area contributed by atoms with Crippen LogP contribution in [0.4, 0.5) is 14.5 Å². The highest BCUT2D eigenvalue weighted by Gasteiger charge is 2.20. The molecule has 0 aliphatic rings. The van der Waals surface area contributed by atoms with Gasteiger partial charge < -0.3 is 14.8 Å². The fraction of sp³-hybridized carbons (Fsp3) is 0.222. The van der Waals surface area contributed by atoms with Crippen LogP contribution in [-0.2, 0) is 20.7 Å². The third-order valence-corrected chi connectivity index (χ3v) is 3.98. The van der Waals surface area contributed by atoms with Gasteiger partial charge >= 0.3 is 12.6 Å². The number of nitrogens with one attached hydrogen (secondary N) is 1. The van der Waals surface area contributed by atoms with Gasteiger partial charge in [0, 0.05) is 10.0 Å². The molecule has 0 saturated carbocycles. The van der Waals surface area contributed by atoms with Gasteiger partial charge in [-0.3, -0.25) is 9.59 Å². The van der Waals surface area contributed by atoms with Crippen molar-refractivity contribution in [1.82, 2.24) is 0 Å². The molecular weight excluding hydrogens is 403 g/mol. The van der Waals surface area contributed by atoms with E-state index >= 15 is 0 Å². The lowest BCUT2D eigenvalue weighted by molar-refractivity contribution is -0.152. The van der Waals surface area contributed by atoms with E-state index in [1.807, 2.05) is 0 Å². The van der Waals surface area contributed by atoms with E-state index in [0.717, 1.165) is 0 Å². The number of hydrogen-bond donors (Lipinski definition) is 1. The molecule has 0 saturated heterocycles. The van der Waals surface area contributed by atoms with E-state index in [9.17, 15) is 18.4 Å². The number of rotatable bonds is 7. The molecule has 5 nitrogen and oxygen atoms in total. The molecule has 0 radical (unpaired) electrons. The van der Waals surface area contributed by atoms with Crippen LogP contribution >= 0.6 is 23.2 Å². The zero-order valence-electron chi connectivity index (χ0n) is 14.0. The zero-order chi connectivity index (χ0) is 20.0. The minimum atomic E-state index is -3.04. The van der Waals surface area contributed by atoms with Crippen molar-refractivity contribution in [3.63, 3.8) is 0 Å². The van der Waals surface area contributed by atoms with Crippen molar-refractivity contribution in [2.75, 3.05) is 5.32 Å². The number of alkyl halides is 2. The number of amides is 1. The molecule has 9 heteroatoms. The molecular formula is C18H15Cl2F2NO4. The summed E-state index contributed by atoms with van der Waals surface area (Å²) in [5.41, 5.74) is 0.529. The van der Waals surface area contributed by atoms with E-state index in [1.165, 1.54) is 37.3 Å². The smallest absolute Gasteiger partial charge is 0.387 e. The Balaban J connectivity index is 1.96. The monoisotopic (exact) mass is 417 g/mol. The molecule has 0 heterocycles. The van der Waals surface area contributed by atoms with E-state index in [-0.39, 0.29) is 17.9 Å². The quantitative estimate of drug-likeness (QED) is 0.662. The van der Waals surface area contributed by atoms with Crippen molar-refractivity contribution in [2.45, 2.75) is 26.1 Å². The lowest BCUT2D eigenvalue weighted by Crippen LogP contribution is -2.30. The first-order chi connectivity index (χ1) is 12.8. The van der Waals surface area contributed by atoms with E-state index in [0.29, 0.717) is 15.6 Å². The van der Waals surface area contributed by atoms with Crippen molar-refractivity contribution in [3.8, 4) is 5.75 Å². The minimum Gasteiger partial charge on any atom is -0.452 e. The van der Waals surface area contributed by atoms with E-state index in [2.05, 4.69) is 10.1 Å². The number of benzene rings is 2. The maximum atomic E-state index is 12.4. The van der Waals surface area contributed by atoms with Gasteiger partial charge in [-0.1, -0.05) is 41.4 Å². The maximum absolute atomic E-state index is 12.4. The Morgan fingerprint density at radius 3 is 2.52 bits per heavy atom. The first-order valence-electron chi connectivity index (χ1n) is 7.74. The van der Waals surface area contributed by atoms with Crippen LogP contribution < -0.4 is 10.1 Å². The Morgan fingerprint density at radius 1 is 1.15 bits per heavy atom. The van der Waals surface area contributed by atoms with Gasteiger partial charge in [0.1, 0.15) is 5.75 Å². The number of para-hydroxylation sites is 2. The van der Waals surface area contributed by atoms with Gasteiger partial charge in [-0.2, -0.15) is 8.78 Å². The third-order valence-electron chi connectivity index (χ3n) is 3.39. The van der Waals surface area contributed by atoms with Crippen LogP contribution in [0.3, 0.4) is 0 Å². The lowest BCUT2D eigenvalue weighted by atomic mass is 10.1. The summed E-state index contributed by atoms with van der Waals surface area (Å²) in [4.78, 5) is 24.2. The fourth-order valence-electron chi connectivity index (χ4n) is 2.12. The Morgan fingerprint density at radius 2 is 1.85 bits per heavy atom. The van der Waals surface area contributed by atoms with Crippen molar-refractivity contribution < 1.29 is 27.8 Å². The Kier molecular flexibility index (Phi) is 7.38. The summed E-state index contributed by atoms with van der Waals surface area (Å²) in [6.45, 7) is -1.68. The van der Waals surface area contributed by atoms with Crippen LogP contribution in [0.25, 0.3) is 0 Å². The Labute approximate surface area is 164 Å². The molecule has 144 valence electrons. The molecule has 1 atom stereocenters. The van der Waals surface area contributed by atoms with Gasteiger partial charge in [0.15, 0.2) is 6.10 Å². The van der Waals surface area contributed by atoms with Crippen molar-refractivity contribution >= 4 is 40.8 Å². The van der Waals surface area contributed by atoms with Gasteiger partial charge in [-0.25, -0.2) is 0 Å². The average Bonchev–Trinajstić information content (AvgIpc) is 2.58. The summed E-state index contributed by atoms with van der Waals surface area (Å²) in [7, 11) is 0. The molecule has 2 rings (SSSR count). The van der Waals surface area contributed by atoms with Crippen molar-refractivity contribution in [2.24, 2.45) is 0 Å². The topological polar surface area (TPSA) is 64.6 Å². The summed E-state index contributed by atoms with van der Waals surface area (Å²) in [5.74, 6) is -1.58. The minimum absolute atomic E-state index is 0.0337. The van der Waals surface area contributed by atoms with Crippen LogP contribution in [-0.4, -0.2) is 24.6 Å². The highest BCUT2D eigenvalue weighted by molar-refractivity contribution is 6.35. The van der Waals surface area contributed by atoms with Crippen molar-refractivity contribution in [3.05, 3.63) is 58.1 Å². The number of carbonyl (C=O) groups is 2. The predicted molar refractivity (Wildman–Crippen MR) is 97.4 cm³/mol. The molecule has 27 heavy (non-hydrogen) atoms. The molecule has 0 spiro atoms. The van der Waals surface area contributed by atoms with Crippen LogP contribution in [0.2, 0.25) is 10.0 Å². The second kappa shape index (κ2) is 9.53. The maximum Gasteiger partial charge on any atom is 0.387 e. The summed E-state index contributed by atoms with van der Waals surface area (Å²) >= 11 is 11.8. The largest absolute Gasteiger partial charge is 0.452 e. The Hall–Kier alpha value is -2.38. The third kappa shape index (κ3) is 6.37. The summed E-state index contributed by atoms with van der Waals surface area (Å²) < 4.78 is 34.2.